The Morgan fingerprint density at radius 3 is 3.00 bits per heavy atom. The number of hydrogen-bond donors (Lipinski definition) is 1. The van der Waals surface area contributed by atoms with Gasteiger partial charge in [-0.05, 0) is 25.1 Å². The van der Waals surface area contributed by atoms with Crippen LogP contribution in [0.1, 0.15) is 9.88 Å². The molecule has 0 atom stereocenters. The molecule has 0 fully saturated rings. The number of hydrogen-bond acceptors (Lipinski definition) is 4. The average Bonchev–Trinajstić information content (AvgIpc) is 2.86. The third-order valence-corrected chi connectivity index (χ3v) is 3.54. The van der Waals surface area contributed by atoms with Crippen LogP contribution in [0.4, 0.5) is 5.69 Å². The first kappa shape index (κ1) is 10.3. The van der Waals surface area contributed by atoms with Crippen LogP contribution in [-0.2, 0) is 6.54 Å². The number of benzene rings is 1. The fourth-order valence-corrected chi connectivity index (χ4v) is 2.65. The molecule has 0 bridgehead atoms. The van der Waals surface area contributed by atoms with Gasteiger partial charge in [-0.25, -0.2) is 9.97 Å². The molecule has 2 N–H and O–H groups in total. The fraction of sp³-hybridized carbons (Fsp3) is 0.167. The smallest absolute Gasteiger partial charge is 0.0961 e. The maximum absolute atomic E-state index is 5.73. The Balaban J connectivity index is 2.00. The molecule has 0 radical (unpaired) electrons. The summed E-state index contributed by atoms with van der Waals surface area (Å²) in [7, 11) is 0. The zero-order chi connectivity index (χ0) is 11.8. The van der Waals surface area contributed by atoms with Crippen molar-refractivity contribution in [3.63, 3.8) is 0 Å². The van der Waals surface area contributed by atoms with E-state index in [1.165, 1.54) is 4.88 Å². The van der Waals surface area contributed by atoms with Crippen molar-refractivity contribution in [2.75, 3.05) is 5.73 Å². The molecule has 1 aromatic carbocycles. The zero-order valence-corrected chi connectivity index (χ0v) is 10.2. The maximum Gasteiger partial charge on any atom is 0.0961 e. The largest absolute Gasteiger partial charge is 0.399 e. The third kappa shape index (κ3) is 1.89. The van der Waals surface area contributed by atoms with Crippen molar-refractivity contribution in [1.29, 1.82) is 0 Å². The first-order valence-corrected chi connectivity index (χ1v) is 6.16. The van der Waals surface area contributed by atoms with E-state index >= 15 is 0 Å². The van der Waals surface area contributed by atoms with Gasteiger partial charge in [0.1, 0.15) is 0 Å². The van der Waals surface area contributed by atoms with Crippen LogP contribution in [0, 0.1) is 6.92 Å². The molecule has 2 aromatic heterocycles. The second-order valence-electron chi connectivity index (χ2n) is 3.97. The van der Waals surface area contributed by atoms with Crippen molar-refractivity contribution < 1.29 is 0 Å². The minimum Gasteiger partial charge on any atom is -0.399 e. The summed E-state index contributed by atoms with van der Waals surface area (Å²) in [6.45, 7) is 2.83. The lowest BCUT2D eigenvalue weighted by Crippen LogP contribution is -1.95. The van der Waals surface area contributed by atoms with Gasteiger partial charge in [0, 0.05) is 16.8 Å². The van der Waals surface area contributed by atoms with Gasteiger partial charge in [-0.15, -0.1) is 11.3 Å². The van der Waals surface area contributed by atoms with Crippen LogP contribution in [-0.4, -0.2) is 14.5 Å². The average molecular weight is 244 g/mol. The lowest BCUT2D eigenvalue weighted by molar-refractivity contribution is 0.836. The van der Waals surface area contributed by atoms with E-state index in [2.05, 4.69) is 14.5 Å². The van der Waals surface area contributed by atoms with Gasteiger partial charge in [0.2, 0.25) is 0 Å². The fourth-order valence-electron chi connectivity index (χ4n) is 1.85. The van der Waals surface area contributed by atoms with Gasteiger partial charge in [0.15, 0.2) is 0 Å². The Morgan fingerprint density at radius 2 is 2.24 bits per heavy atom. The van der Waals surface area contributed by atoms with Crippen molar-refractivity contribution in [2.24, 2.45) is 0 Å². The van der Waals surface area contributed by atoms with Gasteiger partial charge < -0.3 is 10.3 Å². The molecule has 0 aliphatic carbocycles. The van der Waals surface area contributed by atoms with Crippen LogP contribution in [0.2, 0.25) is 0 Å². The SMILES string of the molecule is Cc1ncc(Cn2cnc3cc(N)ccc32)s1. The highest BCUT2D eigenvalue weighted by Crippen LogP contribution is 2.19. The van der Waals surface area contributed by atoms with Crippen molar-refractivity contribution >= 4 is 28.1 Å². The number of fused-ring (bicyclic) bond motifs is 1. The summed E-state index contributed by atoms with van der Waals surface area (Å²) in [5, 5.41) is 1.09. The highest BCUT2D eigenvalue weighted by molar-refractivity contribution is 7.11. The Labute approximate surface area is 103 Å². The Bertz CT molecular complexity index is 668. The Hall–Kier alpha value is -1.88. The number of aryl methyl sites for hydroxylation is 1. The molecule has 0 aliphatic heterocycles. The summed E-state index contributed by atoms with van der Waals surface area (Å²) in [5.74, 6) is 0. The molecule has 4 nitrogen and oxygen atoms in total. The van der Waals surface area contributed by atoms with E-state index in [4.69, 9.17) is 5.73 Å². The monoisotopic (exact) mass is 244 g/mol. The first-order chi connectivity index (χ1) is 8.22. The van der Waals surface area contributed by atoms with E-state index in [-0.39, 0.29) is 0 Å². The van der Waals surface area contributed by atoms with E-state index in [0.29, 0.717) is 0 Å². The van der Waals surface area contributed by atoms with Crippen LogP contribution in [0.3, 0.4) is 0 Å². The van der Waals surface area contributed by atoms with E-state index < -0.39 is 0 Å². The molecule has 86 valence electrons. The van der Waals surface area contributed by atoms with E-state index in [1.54, 1.807) is 11.3 Å². The van der Waals surface area contributed by atoms with Crippen LogP contribution in [0.5, 0.6) is 0 Å². The van der Waals surface area contributed by atoms with Gasteiger partial charge in [0.05, 0.1) is 28.9 Å². The van der Waals surface area contributed by atoms with Crippen LogP contribution < -0.4 is 5.73 Å². The standard InChI is InChI=1S/C12H12N4S/c1-8-14-5-10(17-8)6-16-7-15-11-4-9(13)2-3-12(11)16/h2-5,7H,6,13H2,1H3. The zero-order valence-electron chi connectivity index (χ0n) is 9.42. The molecule has 17 heavy (non-hydrogen) atoms. The molecule has 0 unspecified atom stereocenters. The lowest BCUT2D eigenvalue weighted by Gasteiger charge is -2.01. The van der Waals surface area contributed by atoms with Crippen LogP contribution in [0.25, 0.3) is 11.0 Å². The number of imidazole rings is 1. The van der Waals surface area contributed by atoms with E-state index in [0.717, 1.165) is 28.3 Å². The minimum absolute atomic E-state index is 0.747. The molecular formula is C12H12N4S. The predicted octanol–water partition coefficient (Wildman–Crippen LogP) is 2.43. The first-order valence-electron chi connectivity index (χ1n) is 5.34. The lowest BCUT2D eigenvalue weighted by atomic mass is 10.3. The Morgan fingerprint density at radius 1 is 1.35 bits per heavy atom. The quantitative estimate of drug-likeness (QED) is 0.704. The number of rotatable bonds is 2. The van der Waals surface area contributed by atoms with Gasteiger partial charge in [-0.1, -0.05) is 0 Å². The van der Waals surface area contributed by atoms with Gasteiger partial charge in [0.25, 0.3) is 0 Å². The number of anilines is 1. The van der Waals surface area contributed by atoms with Gasteiger partial charge >= 0.3 is 0 Å². The van der Waals surface area contributed by atoms with Crippen LogP contribution in [0.15, 0.2) is 30.7 Å². The topological polar surface area (TPSA) is 56.7 Å². The summed E-state index contributed by atoms with van der Waals surface area (Å²) in [4.78, 5) is 9.84. The second kappa shape index (κ2) is 3.85. The number of nitrogens with two attached hydrogens (primary N) is 1. The molecule has 2 heterocycles. The summed E-state index contributed by atoms with van der Waals surface area (Å²) in [6.07, 6.45) is 3.77. The normalized spacial score (nSPS) is 11.1. The number of nitrogens with zero attached hydrogens (tertiary/aromatic N) is 3. The highest BCUT2D eigenvalue weighted by atomic mass is 32.1. The predicted molar refractivity (Wildman–Crippen MR) is 70.1 cm³/mol. The minimum atomic E-state index is 0.747. The number of nitrogen functional groups attached to an aromatic ring is 1. The summed E-state index contributed by atoms with van der Waals surface area (Å²) in [6, 6.07) is 5.80. The molecule has 0 amide bonds. The van der Waals surface area contributed by atoms with E-state index in [1.807, 2.05) is 37.6 Å². The molecule has 0 spiro atoms. The molecule has 5 heteroatoms. The van der Waals surface area contributed by atoms with Gasteiger partial charge in [-0.2, -0.15) is 0 Å². The highest BCUT2D eigenvalue weighted by Gasteiger charge is 2.05. The van der Waals surface area contributed by atoms with Crippen molar-refractivity contribution in [2.45, 2.75) is 13.5 Å². The van der Waals surface area contributed by atoms with E-state index in [9.17, 15) is 0 Å². The second-order valence-corrected chi connectivity index (χ2v) is 5.29. The molecule has 0 aliphatic rings. The number of thiazole rings is 1. The van der Waals surface area contributed by atoms with Crippen molar-refractivity contribution in [3.8, 4) is 0 Å². The Kier molecular flexibility index (Phi) is 2.33. The molecule has 3 rings (SSSR count). The summed E-state index contributed by atoms with van der Waals surface area (Å²) >= 11 is 1.71. The maximum atomic E-state index is 5.73. The molecular weight excluding hydrogens is 232 g/mol. The molecule has 3 aromatic rings. The molecule has 0 saturated heterocycles. The van der Waals surface area contributed by atoms with Gasteiger partial charge in [-0.3, -0.25) is 0 Å². The third-order valence-electron chi connectivity index (χ3n) is 2.64. The van der Waals surface area contributed by atoms with Crippen LogP contribution >= 0.6 is 11.3 Å². The summed E-state index contributed by atoms with van der Waals surface area (Å²) in [5.41, 5.74) is 8.52. The van der Waals surface area contributed by atoms with Crippen molar-refractivity contribution in [3.05, 3.63) is 40.6 Å². The summed E-state index contributed by atoms with van der Waals surface area (Å²) < 4.78 is 2.11. The van der Waals surface area contributed by atoms with Crippen molar-refractivity contribution in [1.82, 2.24) is 14.5 Å². The molecule has 0 saturated carbocycles. The number of aromatic nitrogens is 3.